The third kappa shape index (κ3) is 3.07. The van der Waals surface area contributed by atoms with Gasteiger partial charge in [-0.3, -0.25) is 10.1 Å². The van der Waals surface area contributed by atoms with Gasteiger partial charge in [-0.25, -0.2) is 4.98 Å². The van der Waals surface area contributed by atoms with Crippen molar-refractivity contribution in [2.24, 2.45) is 5.92 Å². The SMILES string of the molecule is CC1CCCC(Nc2nc(Cl)ncc2[N+](=O)[O-])C1. The summed E-state index contributed by atoms with van der Waals surface area (Å²) in [6.07, 6.45) is 5.49. The van der Waals surface area contributed by atoms with Crippen LogP contribution < -0.4 is 5.32 Å². The molecule has 1 aromatic rings. The maximum absolute atomic E-state index is 10.9. The van der Waals surface area contributed by atoms with E-state index >= 15 is 0 Å². The van der Waals surface area contributed by atoms with Crippen molar-refractivity contribution in [1.29, 1.82) is 0 Å². The van der Waals surface area contributed by atoms with Gasteiger partial charge in [0.25, 0.3) is 0 Å². The number of rotatable bonds is 3. The smallest absolute Gasteiger partial charge is 0.329 e. The highest BCUT2D eigenvalue weighted by Gasteiger charge is 2.23. The molecule has 0 spiro atoms. The quantitative estimate of drug-likeness (QED) is 0.519. The molecule has 0 saturated heterocycles. The van der Waals surface area contributed by atoms with Gasteiger partial charge < -0.3 is 5.32 Å². The highest BCUT2D eigenvalue weighted by atomic mass is 35.5. The van der Waals surface area contributed by atoms with Crippen LogP contribution in [0.5, 0.6) is 0 Å². The molecule has 2 atom stereocenters. The summed E-state index contributed by atoms with van der Waals surface area (Å²) >= 11 is 5.68. The topological polar surface area (TPSA) is 81.0 Å². The molecule has 1 aliphatic rings. The number of halogens is 1. The zero-order chi connectivity index (χ0) is 13.1. The molecule has 7 heteroatoms. The molecule has 1 heterocycles. The van der Waals surface area contributed by atoms with Crippen molar-refractivity contribution in [3.8, 4) is 0 Å². The molecule has 2 unspecified atom stereocenters. The highest BCUT2D eigenvalue weighted by molar-refractivity contribution is 6.28. The minimum Gasteiger partial charge on any atom is -0.361 e. The fourth-order valence-electron chi connectivity index (χ4n) is 2.35. The Morgan fingerprint density at radius 1 is 1.56 bits per heavy atom. The van der Waals surface area contributed by atoms with Crippen LogP contribution in [-0.2, 0) is 0 Å². The van der Waals surface area contributed by atoms with Crippen LogP contribution in [0.2, 0.25) is 5.28 Å². The van der Waals surface area contributed by atoms with Gasteiger partial charge in [0.1, 0.15) is 6.20 Å². The van der Waals surface area contributed by atoms with Gasteiger partial charge in [0, 0.05) is 6.04 Å². The Kier molecular flexibility index (Phi) is 3.96. The van der Waals surface area contributed by atoms with E-state index in [1.807, 2.05) is 0 Å². The van der Waals surface area contributed by atoms with Crippen LogP contribution in [0.3, 0.4) is 0 Å². The third-order valence-electron chi connectivity index (χ3n) is 3.21. The Labute approximate surface area is 110 Å². The second-order valence-electron chi connectivity index (χ2n) is 4.74. The molecular weight excluding hydrogens is 256 g/mol. The van der Waals surface area contributed by atoms with Gasteiger partial charge in [-0.1, -0.05) is 19.8 Å². The van der Waals surface area contributed by atoms with E-state index in [1.165, 1.54) is 6.42 Å². The first-order valence-electron chi connectivity index (χ1n) is 5.99. The number of hydrogen-bond donors (Lipinski definition) is 1. The predicted octanol–water partition coefficient (Wildman–Crippen LogP) is 3.03. The summed E-state index contributed by atoms with van der Waals surface area (Å²) in [4.78, 5) is 17.9. The van der Waals surface area contributed by atoms with Crippen LogP contribution in [0, 0.1) is 16.0 Å². The average molecular weight is 271 g/mol. The molecule has 1 aliphatic carbocycles. The molecule has 1 N–H and O–H groups in total. The molecule has 0 aromatic carbocycles. The van der Waals surface area contributed by atoms with Crippen LogP contribution in [0.4, 0.5) is 11.5 Å². The van der Waals surface area contributed by atoms with Crippen molar-refractivity contribution in [3.63, 3.8) is 0 Å². The summed E-state index contributed by atoms with van der Waals surface area (Å²) in [7, 11) is 0. The molecule has 0 aliphatic heterocycles. The van der Waals surface area contributed by atoms with E-state index in [0.717, 1.165) is 25.5 Å². The minimum atomic E-state index is -0.495. The van der Waals surface area contributed by atoms with E-state index in [2.05, 4.69) is 22.2 Å². The van der Waals surface area contributed by atoms with Crippen molar-refractivity contribution in [2.75, 3.05) is 5.32 Å². The highest BCUT2D eigenvalue weighted by Crippen LogP contribution is 2.29. The summed E-state index contributed by atoms with van der Waals surface area (Å²) in [5, 5.41) is 14.0. The molecule has 1 fully saturated rings. The molecule has 98 valence electrons. The maximum atomic E-state index is 10.9. The molecule has 6 nitrogen and oxygen atoms in total. The van der Waals surface area contributed by atoms with Crippen molar-refractivity contribution in [3.05, 3.63) is 21.6 Å². The van der Waals surface area contributed by atoms with Crippen LogP contribution in [0.25, 0.3) is 0 Å². The number of hydrogen-bond acceptors (Lipinski definition) is 5. The van der Waals surface area contributed by atoms with Gasteiger partial charge in [0.05, 0.1) is 4.92 Å². The van der Waals surface area contributed by atoms with E-state index < -0.39 is 4.92 Å². The predicted molar refractivity (Wildman–Crippen MR) is 68.7 cm³/mol. The van der Waals surface area contributed by atoms with E-state index in [-0.39, 0.29) is 22.8 Å². The van der Waals surface area contributed by atoms with Crippen LogP contribution in [0.15, 0.2) is 6.20 Å². The Morgan fingerprint density at radius 3 is 3.00 bits per heavy atom. The standard InChI is InChI=1S/C11H15ClN4O2/c1-7-3-2-4-8(5-7)14-10-9(16(17)18)6-13-11(12)15-10/h6-8H,2-5H2,1H3,(H,13,14,15). The second-order valence-corrected chi connectivity index (χ2v) is 5.08. The van der Waals surface area contributed by atoms with Crippen molar-refractivity contribution in [1.82, 2.24) is 9.97 Å². The molecule has 0 bridgehead atoms. The Balaban J connectivity index is 2.16. The molecule has 1 aromatic heterocycles. The normalized spacial score (nSPS) is 23.7. The lowest BCUT2D eigenvalue weighted by Gasteiger charge is -2.27. The monoisotopic (exact) mass is 270 g/mol. The first-order chi connectivity index (χ1) is 8.56. The fourth-order valence-corrected chi connectivity index (χ4v) is 2.49. The summed E-state index contributed by atoms with van der Waals surface area (Å²) in [5.74, 6) is 0.853. The maximum Gasteiger partial charge on any atom is 0.329 e. The van der Waals surface area contributed by atoms with Gasteiger partial charge in [-0.15, -0.1) is 0 Å². The lowest BCUT2D eigenvalue weighted by Crippen LogP contribution is -2.27. The van der Waals surface area contributed by atoms with Crippen LogP contribution in [0.1, 0.15) is 32.6 Å². The van der Waals surface area contributed by atoms with E-state index in [9.17, 15) is 10.1 Å². The largest absolute Gasteiger partial charge is 0.361 e. The lowest BCUT2D eigenvalue weighted by molar-refractivity contribution is -0.384. The number of anilines is 1. The van der Waals surface area contributed by atoms with Crippen molar-refractivity contribution >= 4 is 23.1 Å². The van der Waals surface area contributed by atoms with Crippen molar-refractivity contribution in [2.45, 2.75) is 38.6 Å². The second kappa shape index (κ2) is 5.48. The molecule has 0 radical (unpaired) electrons. The molecule has 2 rings (SSSR count). The van der Waals surface area contributed by atoms with Crippen LogP contribution >= 0.6 is 11.6 Å². The lowest BCUT2D eigenvalue weighted by atomic mass is 9.87. The molecule has 1 saturated carbocycles. The van der Waals surface area contributed by atoms with E-state index in [4.69, 9.17) is 11.6 Å². The molecule has 0 amide bonds. The van der Waals surface area contributed by atoms with E-state index in [1.54, 1.807) is 0 Å². The number of nitro groups is 1. The number of nitrogens with zero attached hydrogens (tertiary/aromatic N) is 3. The summed E-state index contributed by atoms with van der Waals surface area (Å²) in [6.45, 7) is 2.19. The summed E-state index contributed by atoms with van der Waals surface area (Å²) < 4.78 is 0. The third-order valence-corrected chi connectivity index (χ3v) is 3.40. The Bertz CT molecular complexity index is 455. The van der Waals surface area contributed by atoms with Gasteiger partial charge in [0.2, 0.25) is 11.1 Å². The average Bonchev–Trinajstić information content (AvgIpc) is 2.28. The van der Waals surface area contributed by atoms with Crippen molar-refractivity contribution < 1.29 is 4.92 Å². The first kappa shape index (κ1) is 13.0. The van der Waals surface area contributed by atoms with E-state index in [0.29, 0.717) is 5.92 Å². The Morgan fingerprint density at radius 2 is 2.33 bits per heavy atom. The van der Waals surface area contributed by atoms with Gasteiger partial charge in [-0.2, -0.15) is 4.98 Å². The molecular formula is C11H15ClN4O2. The zero-order valence-corrected chi connectivity index (χ0v) is 10.9. The number of aromatic nitrogens is 2. The van der Waals surface area contributed by atoms with Gasteiger partial charge in [0.15, 0.2) is 0 Å². The first-order valence-corrected chi connectivity index (χ1v) is 6.37. The minimum absolute atomic E-state index is 0.0203. The van der Waals surface area contributed by atoms with Crippen LogP contribution in [-0.4, -0.2) is 20.9 Å². The molecule has 18 heavy (non-hydrogen) atoms. The fraction of sp³-hybridized carbons (Fsp3) is 0.636. The number of nitrogens with one attached hydrogen (secondary N) is 1. The zero-order valence-electron chi connectivity index (χ0n) is 10.1. The van der Waals surface area contributed by atoms with Gasteiger partial charge in [-0.05, 0) is 30.4 Å². The summed E-state index contributed by atoms with van der Waals surface area (Å²) in [5.41, 5.74) is -0.127. The van der Waals surface area contributed by atoms with Gasteiger partial charge >= 0.3 is 5.69 Å². The summed E-state index contributed by atoms with van der Waals surface area (Å²) in [6, 6.07) is 0.221. The Hall–Kier alpha value is -1.43.